The van der Waals surface area contributed by atoms with Crippen LogP contribution in [0.4, 0.5) is 0 Å². The van der Waals surface area contributed by atoms with Gasteiger partial charge in [0.05, 0.1) is 0 Å². The minimum atomic E-state index is -0.491. The van der Waals surface area contributed by atoms with E-state index in [2.05, 4.69) is 15.0 Å². The average molecular weight is 332 g/mol. The highest BCUT2D eigenvalue weighted by Crippen LogP contribution is 2.20. The van der Waals surface area contributed by atoms with Gasteiger partial charge in [0, 0.05) is 24.9 Å². The van der Waals surface area contributed by atoms with Crippen LogP contribution in [0.2, 0.25) is 0 Å². The van der Waals surface area contributed by atoms with E-state index in [4.69, 9.17) is 4.74 Å². The zero-order valence-corrected chi connectivity index (χ0v) is 13.2. The first kappa shape index (κ1) is 14.9. The van der Waals surface area contributed by atoms with Crippen molar-refractivity contribution in [2.24, 2.45) is 0 Å². The summed E-state index contributed by atoms with van der Waals surface area (Å²) in [6, 6.07) is 12.6. The number of carbonyl (C=O) groups is 1. The third kappa shape index (κ3) is 2.61. The molecular weight excluding hydrogens is 320 g/mol. The van der Waals surface area contributed by atoms with E-state index >= 15 is 0 Å². The highest BCUT2D eigenvalue weighted by molar-refractivity contribution is 5.79. The van der Waals surface area contributed by atoms with Gasteiger partial charge in [0.15, 0.2) is 22.9 Å². The molecule has 0 aliphatic carbocycles. The minimum Gasteiger partial charge on any atom is -0.423 e. The van der Waals surface area contributed by atoms with Crippen LogP contribution in [0.15, 0.2) is 59.7 Å². The van der Waals surface area contributed by atoms with Crippen LogP contribution in [0.25, 0.3) is 28.1 Å². The molecule has 0 N–H and O–H groups in total. The van der Waals surface area contributed by atoms with Crippen LogP contribution in [0.5, 0.6) is 5.75 Å². The lowest BCUT2D eigenvalue weighted by Crippen LogP contribution is -2.17. The maximum absolute atomic E-state index is 12.7. The zero-order chi connectivity index (χ0) is 17.4. The van der Waals surface area contributed by atoms with E-state index in [0.29, 0.717) is 5.82 Å². The number of ether oxygens (including phenoxy) is 1. The highest BCUT2D eigenvalue weighted by Gasteiger charge is 2.13. The van der Waals surface area contributed by atoms with Crippen LogP contribution in [0.1, 0.15) is 6.92 Å². The van der Waals surface area contributed by atoms with Crippen molar-refractivity contribution in [2.45, 2.75) is 6.92 Å². The summed E-state index contributed by atoms with van der Waals surface area (Å²) in [6.07, 6.45) is 3.02. The van der Waals surface area contributed by atoms with E-state index in [9.17, 15) is 9.59 Å². The second-order valence-corrected chi connectivity index (χ2v) is 5.37. The molecule has 0 radical (unpaired) electrons. The van der Waals surface area contributed by atoms with Crippen molar-refractivity contribution in [3.8, 4) is 17.1 Å². The molecule has 4 aromatic rings. The lowest BCUT2D eigenvalue weighted by Gasteiger charge is -2.08. The number of carbonyl (C=O) groups excluding carboxylic acids is 1. The van der Waals surface area contributed by atoms with E-state index in [-0.39, 0.29) is 28.0 Å². The molecule has 1 aromatic carbocycles. The second kappa shape index (κ2) is 5.79. The van der Waals surface area contributed by atoms with Gasteiger partial charge in [-0.1, -0.05) is 30.3 Å². The number of nitrogens with zero attached hydrogens (tertiary/aromatic N) is 4. The molecule has 0 amide bonds. The summed E-state index contributed by atoms with van der Waals surface area (Å²) in [5.74, 6) is 0.179. The standard InChI is InChI=1S/C18H12N4O3/c1-11(23)25-14-8-5-9-22-17(14)21-16-13(18(22)24)10-19-15(20-16)12-6-3-2-4-7-12/h2-10H,1H3. The van der Waals surface area contributed by atoms with Gasteiger partial charge in [0.25, 0.3) is 5.56 Å². The summed E-state index contributed by atoms with van der Waals surface area (Å²) in [6.45, 7) is 1.29. The van der Waals surface area contributed by atoms with Gasteiger partial charge in [-0.3, -0.25) is 14.0 Å². The van der Waals surface area contributed by atoms with Crippen molar-refractivity contribution >= 4 is 22.6 Å². The molecule has 25 heavy (non-hydrogen) atoms. The number of rotatable bonds is 2. The fraction of sp³-hybridized carbons (Fsp3) is 0.0556. The first-order chi connectivity index (χ1) is 12.1. The molecule has 0 atom stereocenters. The predicted octanol–water partition coefficient (Wildman–Crippen LogP) is 2.23. The summed E-state index contributed by atoms with van der Waals surface area (Å²) in [5.41, 5.74) is 0.972. The summed E-state index contributed by atoms with van der Waals surface area (Å²) in [7, 11) is 0. The van der Waals surface area contributed by atoms with Crippen molar-refractivity contribution < 1.29 is 9.53 Å². The molecule has 0 spiro atoms. The Balaban J connectivity index is 2.00. The summed E-state index contributed by atoms with van der Waals surface area (Å²) in [4.78, 5) is 37.0. The number of hydrogen-bond acceptors (Lipinski definition) is 6. The molecule has 0 fully saturated rings. The number of hydrogen-bond donors (Lipinski definition) is 0. The fourth-order valence-electron chi connectivity index (χ4n) is 2.55. The summed E-state index contributed by atoms with van der Waals surface area (Å²) in [5, 5.41) is 0.289. The number of aromatic nitrogens is 4. The van der Waals surface area contributed by atoms with E-state index < -0.39 is 5.97 Å². The van der Waals surface area contributed by atoms with Crippen LogP contribution in [-0.4, -0.2) is 25.3 Å². The van der Waals surface area contributed by atoms with Gasteiger partial charge in [-0.25, -0.2) is 15.0 Å². The molecule has 3 aromatic heterocycles. The lowest BCUT2D eigenvalue weighted by molar-refractivity contribution is -0.131. The Bertz CT molecular complexity index is 1170. The van der Waals surface area contributed by atoms with Crippen LogP contribution in [-0.2, 0) is 4.79 Å². The molecule has 0 saturated heterocycles. The van der Waals surface area contributed by atoms with Crippen molar-refractivity contribution in [2.75, 3.05) is 0 Å². The quantitative estimate of drug-likeness (QED) is 0.413. The van der Waals surface area contributed by atoms with Crippen molar-refractivity contribution in [3.05, 3.63) is 65.2 Å². The zero-order valence-electron chi connectivity index (χ0n) is 13.2. The number of benzene rings is 1. The Morgan fingerprint density at radius 2 is 1.88 bits per heavy atom. The third-order valence-electron chi connectivity index (χ3n) is 3.65. The van der Waals surface area contributed by atoms with Crippen LogP contribution in [0, 0.1) is 0 Å². The fourth-order valence-corrected chi connectivity index (χ4v) is 2.55. The molecule has 0 unspecified atom stereocenters. The Hall–Kier alpha value is -3.61. The molecular formula is C18H12N4O3. The molecule has 7 heteroatoms. The largest absolute Gasteiger partial charge is 0.423 e. The molecule has 3 heterocycles. The lowest BCUT2D eigenvalue weighted by atomic mass is 10.2. The van der Waals surface area contributed by atoms with Gasteiger partial charge < -0.3 is 4.74 Å². The Kier molecular flexibility index (Phi) is 3.46. The number of fused-ring (bicyclic) bond motifs is 2. The van der Waals surface area contributed by atoms with Gasteiger partial charge >= 0.3 is 5.97 Å². The maximum atomic E-state index is 12.7. The summed E-state index contributed by atoms with van der Waals surface area (Å²) < 4.78 is 6.45. The molecule has 0 saturated carbocycles. The Morgan fingerprint density at radius 3 is 2.64 bits per heavy atom. The average Bonchev–Trinajstić information content (AvgIpc) is 2.62. The normalized spacial score (nSPS) is 10.9. The second-order valence-electron chi connectivity index (χ2n) is 5.37. The van der Waals surface area contributed by atoms with Gasteiger partial charge in [0.1, 0.15) is 5.39 Å². The van der Waals surface area contributed by atoms with Gasteiger partial charge in [-0.05, 0) is 12.1 Å². The smallest absolute Gasteiger partial charge is 0.308 e. The molecule has 4 rings (SSSR count). The van der Waals surface area contributed by atoms with Crippen LogP contribution in [0.3, 0.4) is 0 Å². The first-order valence-electron chi connectivity index (χ1n) is 7.55. The monoisotopic (exact) mass is 332 g/mol. The van der Waals surface area contributed by atoms with E-state index in [1.54, 1.807) is 18.3 Å². The first-order valence-corrected chi connectivity index (χ1v) is 7.55. The van der Waals surface area contributed by atoms with Crippen LogP contribution < -0.4 is 10.3 Å². The number of esters is 1. The molecule has 0 aliphatic heterocycles. The van der Waals surface area contributed by atoms with Crippen molar-refractivity contribution in [1.29, 1.82) is 0 Å². The van der Waals surface area contributed by atoms with Gasteiger partial charge in [-0.15, -0.1) is 0 Å². The van der Waals surface area contributed by atoms with E-state index in [1.165, 1.54) is 17.5 Å². The van der Waals surface area contributed by atoms with E-state index in [0.717, 1.165) is 5.56 Å². The van der Waals surface area contributed by atoms with Crippen molar-refractivity contribution in [3.63, 3.8) is 0 Å². The highest BCUT2D eigenvalue weighted by atomic mass is 16.5. The van der Waals surface area contributed by atoms with Crippen molar-refractivity contribution in [1.82, 2.24) is 19.4 Å². The SMILES string of the molecule is CC(=O)Oc1cccn2c(=O)c3cnc(-c4ccccc4)nc3nc12. The predicted molar refractivity (Wildman–Crippen MR) is 91.3 cm³/mol. The molecule has 0 aliphatic rings. The van der Waals surface area contributed by atoms with Gasteiger partial charge in [0.2, 0.25) is 0 Å². The Morgan fingerprint density at radius 1 is 1.08 bits per heavy atom. The molecule has 7 nitrogen and oxygen atoms in total. The summed E-state index contributed by atoms with van der Waals surface area (Å²) >= 11 is 0. The number of pyridine rings is 1. The minimum absolute atomic E-state index is 0.203. The van der Waals surface area contributed by atoms with Crippen LogP contribution >= 0.6 is 0 Å². The molecule has 122 valence electrons. The molecule has 0 bridgehead atoms. The Labute approximate surface area is 141 Å². The van der Waals surface area contributed by atoms with Gasteiger partial charge in [-0.2, -0.15) is 0 Å². The third-order valence-corrected chi connectivity index (χ3v) is 3.65. The topological polar surface area (TPSA) is 86.5 Å². The maximum Gasteiger partial charge on any atom is 0.308 e. The van der Waals surface area contributed by atoms with E-state index in [1.807, 2.05) is 30.3 Å².